The summed E-state index contributed by atoms with van der Waals surface area (Å²) in [5.74, 6) is 0. The van der Waals surface area contributed by atoms with E-state index in [0.29, 0.717) is 18.1 Å². The van der Waals surface area contributed by atoms with Crippen LogP contribution < -0.4 is 5.56 Å². The van der Waals surface area contributed by atoms with Gasteiger partial charge in [-0.1, -0.05) is 18.1 Å². The van der Waals surface area contributed by atoms with Gasteiger partial charge in [-0.25, -0.2) is 4.98 Å². The number of aryl methyl sites for hydroxylation is 1. The van der Waals surface area contributed by atoms with Crippen molar-refractivity contribution in [3.05, 3.63) is 40.4 Å². The molecule has 5 nitrogen and oxygen atoms in total. The van der Waals surface area contributed by atoms with Crippen molar-refractivity contribution in [3.63, 3.8) is 0 Å². The quantitative estimate of drug-likeness (QED) is 0.805. The minimum Gasteiger partial charge on any atom is -0.349 e. The van der Waals surface area contributed by atoms with Crippen LogP contribution in [0.25, 0.3) is 21.9 Å². The van der Waals surface area contributed by atoms with Crippen molar-refractivity contribution >= 4 is 21.9 Å². The van der Waals surface area contributed by atoms with E-state index in [4.69, 9.17) is 0 Å². The lowest BCUT2D eigenvalue weighted by molar-refractivity contribution is 0.154. The number of nitrogens with zero attached hydrogens (tertiary/aromatic N) is 3. The fourth-order valence-corrected chi connectivity index (χ4v) is 3.79. The molecule has 0 amide bonds. The van der Waals surface area contributed by atoms with E-state index in [-0.39, 0.29) is 5.56 Å². The van der Waals surface area contributed by atoms with Crippen molar-refractivity contribution in [2.45, 2.75) is 45.7 Å². The zero-order valence-electron chi connectivity index (χ0n) is 14.4. The fourth-order valence-electron chi connectivity index (χ4n) is 3.79. The van der Waals surface area contributed by atoms with Gasteiger partial charge in [-0.05, 0) is 45.4 Å². The molecule has 0 radical (unpaired) electrons. The van der Waals surface area contributed by atoms with E-state index in [1.54, 1.807) is 10.9 Å². The van der Waals surface area contributed by atoms with Crippen LogP contribution in [-0.2, 0) is 6.54 Å². The molecule has 0 aliphatic carbocycles. The predicted octanol–water partition coefficient (Wildman–Crippen LogP) is 3.06. The SMILES string of the molecule is Cc1ccc2[nH]c3c(=O)n(CCN4CCCC[C@@H]4C)cnc3c2c1. The van der Waals surface area contributed by atoms with Crippen LogP contribution in [0.1, 0.15) is 31.7 Å². The first-order chi connectivity index (χ1) is 11.6. The summed E-state index contributed by atoms with van der Waals surface area (Å²) in [6.45, 7) is 7.08. The highest BCUT2D eigenvalue weighted by Gasteiger charge is 2.18. The Morgan fingerprint density at radius 3 is 3.00 bits per heavy atom. The van der Waals surface area contributed by atoms with Crippen molar-refractivity contribution in [1.82, 2.24) is 19.4 Å². The van der Waals surface area contributed by atoms with Crippen molar-refractivity contribution in [2.24, 2.45) is 0 Å². The second-order valence-electron chi connectivity index (χ2n) is 7.02. The number of benzene rings is 1. The van der Waals surface area contributed by atoms with Crippen LogP contribution in [0.5, 0.6) is 0 Å². The third-order valence-corrected chi connectivity index (χ3v) is 5.30. The van der Waals surface area contributed by atoms with Gasteiger partial charge in [-0.15, -0.1) is 0 Å². The lowest BCUT2D eigenvalue weighted by Gasteiger charge is -2.33. The highest BCUT2D eigenvalue weighted by molar-refractivity contribution is 6.04. The van der Waals surface area contributed by atoms with Gasteiger partial charge >= 0.3 is 0 Å². The van der Waals surface area contributed by atoms with E-state index >= 15 is 0 Å². The molecule has 1 aliphatic heterocycles. The van der Waals surface area contributed by atoms with E-state index in [2.05, 4.69) is 34.8 Å². The van der Waals surface area contributed by atoms with Crippen LogP contribution in [0, 0.1) is 6.92 Å². The number of likely N-dealkylation sites (tertiary alicyclic amines) is 1. The molecule has 24 heavy (non-hydrogen) atoms. The molecule has 0 spiro atoms. The molecular weight excluding hydrogens is 300 g/mol. The molecule has 126 valence electrons. The second-order valence-corrected chi connectivity index (χ2v) is 7.02. The highest BCUT2D eigenvalue weighted by Crippen LogP contribution is 2.22. The van der Waals surface area contributed by atoms with Crippen LogP contribution in [-0.4, -0.2) is 38.6 Å². The minimum atomic E-state index is 0.0264. The molecule has 1 aromatic carbocycles. The third-order valence-electron chi connectivity index (χ3n) is 5.30. The Hall–Kier alpha value is -2.14. The maximum atomic E-state index is 12.8. The van der Waals surface area contributed by atoms with Gasteiger partial charge in [0.2, 0.25) is 0 Å². The van der Waals surface area contributed by atoms with Crippen LogP contribution in [0.4, 0.5) is 0 Å². The van der Waals surface area contributed by atoms with E-state index in [1.807, 2.05) is 12.1 Å². The van der Waals surface area contributed by atoms with Gasteiger partial charge in [-0.3, -0.25) is 14.3 Å². The number of aromatic nitrogens is 3. The Labute approximate surface area is 141 Å². The molecule has 0 saturated carbocycles. The molecule has 1 fully saturated rings. The summed E-state index contributed by atoms with van der Waals surface area (Å²) in [6.07, 6.45) is 5.54. The molecule has 0 unspecified atom stereocenters. The topological polar surface area (TPSA) is 53.9 Å². The number of rotatable bonds is 3. The zero-order valence-corrected chi connectivity index (χ0v) is 14.4. The highest BCUT2D eigenvalue weighted by atomic mass is 16.1. The van der Waals surface area contributed by atoms with Crippen molar-refractivity contribution in [3.8, 4) is 0 Å². The lowest BCUT2D eigenvalue weighted by atomic mass is 10.0. The Kier molecular flexibility index (Phi) is 3.88. The number of piperidine rings is 1. The average molecular weight is 324 g/mol. The largest absolute Gasteiger partial charge is 0.349 e. The smallest absolute Gasteiger partial charge is 0.277 e. The summed E-state index contributed by atoms with van der Waals surface area (Å²) in [5.41, 5.74) is 3.57. The van der Waals surface area contributed by atoms with Gasteiger partial charge in [0.1, 0.15) is 11.0 Å². The van der Waals surface area contributed by atoms with Crippen molar-refractivity contribution < 1.29 is 0 Å². The number of fused-ring (bicyclic) bond motifs is 3. The summed E-state index contributed by atoms with van der Waals surface area (Å²) >= 11 is 0. The van der Waals surface area contributed by atoms with Gasteiger partial charge in [0, 0.05) is 30.0 Å². The summed E-state index contributed by atoms with van der Waals surface area (Å²) < 4.78 is 1.74. The Bertz CT molecular complexity index is 940. The first-order valence-corrected chi connectivity index (χ1v) is 8.85. The molecule has 1 atom stereocenters. The van der Waals surface area contributed by atoms with Gasteiger partial charge in [0.15, 0.2) is 0 Å². The Morgan fingerprint density at radius 2 is 2.17 bits per heavy atom. The Balaban J connectivity index is 1.66. The van der Waals surface area contributed by atoms with Crippen LogP contribution in [0.3, 0.4) is 0 Å². The standard InChI is InChI=1S/C19H24N4O/c1-13-6-7-16-15(11-13)17-18(21-16)19(24)23(12-20-17)10-9-22-8-4-3-5-14(22)2/h6-7,11-12,14,21H,3-5,8-10H2,1-2H3/t14-/m0/s1. The van der Waals surface area contributed by atoms with E-state index < -0.39 is 0 Å². The summed E-state index contributed by atoms with van der Waals surface area (Å²) in [7, 11) is 0. The van der Waals surface area contributed by atoms with Gasteiger partial charge in [0.05, 0.1) is 6.33 Å². The molecule has 3 aromatic rings. The predicted molar refractivity (Wildman–Crippen MR) is 97.5 cm³/mol. The molecule has 1 N–H and O–H groups in total. The van der Waals surface area contributed by atoms with Crippen LogP contribution in [0.15, 0.2) is 29.3 Å². The molecule has 1 saturated heterocycles. The maximum absolute atomic E-state index is 12.8. The van der Waals surface area contributed by atoms with E-state index in [0.717, 1.165) is 29.5 Å². The number of hydrogen-bond acceptors (Lipinski definition) is 3. The van der Waals surface area contributed by atoms with Crippen LogP contribution in [0.2, 0.25) is 0 Å². The molecule has 3 heterocycles. The van der Waals surface area contributed by atoms with Gasteiger partial charge in [-0.2, -0.15) is 0 Å². The fraction of sp³-hybridized carbons (Fsp3) is 0.474. The summed E-state index contributed by atoms with van der Waals surface area (Å²) in [5, 5.41) is 1.03. The zero-order chi connectivity index (χ0) is 16.7. The molecule has 1 aliphatic rings. The number of nitrogens with one attached hydrogen (secondary N) is 1. The maximum Gasteiger partial charge on any atom is 0.277 e. The lowest BCUT2D eigenvalue weighted by Crippen LogP contribution is -2.40. The molecule has 2 aromatic heterocycles. The molecule has 0 bridgehead atoms. The first-order valence-electron chi connectivity index (χ1n) is 8.85. The van der Waals surface area contributed by atoms with E-state index in [1.165, 1.54) is 24.8 Å². The molecule has 5 heteroatoms. The van der Waals surface area contributed by atoms with E-state index in [9.17, 15) is 4.79 Å². The number of H-pyrrole nitrogens is 1. The number of aromatic amines is 1. The average Bonchev–Trinajstić information content (AvgIpc) is 2.94. The first kappa shape index (κ1) is 15.4. The number of hydrogen-bond donors (Lipinski definition) is 1. The normalized spacial score (nSPS) is 19.3. The monoisotopic (exact) mass is 324 g/mol. The van der Waals surface area contributed by atoms with Gasteiger partial charge in [0.25, 0.3) is 5.56 Å². The van der Waals surface area contributed by atoms with Crippen LogP contribution >= 0.6 is 0 Å². The van der Waals surface area contributed by atoms with Crippen molar-refractivity contribution in [2.75, 3.05) is 13.1 Å². The summed E-state index contributed by atoms with van der Waals surface area (Å²) in [6, 6.07) is 6.77. The molecular formula is C19H24N4O. The summed E-state index contributed by atoms with van der Waals surface area (Å²) in [4.78, 5) is 23.1. The van der Waals surface area contributed by atoms with Crippen molar-refractivity contribution in [1.29, 1.82) is 0 Å². The minimum absolute atomic E-state index is 0.0264. The Morgan fingerprint density at radius 1 is 1.29 bits per heavy atom. The van der Waals surface area contributed by atoms with Gasteiger partial charge < -0.3 is 4.98 Å². The third kappa shape index (κ3) is 2.63. The molecule has 4 rings (SSSR count). The second kappa shape index (κ2) is 6.06.